The van der Waals surface area contributed by atoms with Crippen molar-refractivity contribution in [3.8, 4) is 28.2 Å². The number of fused-ring (bicyclic) bond motifs is 1. The van der Waals surface area contributed by atoms with E-state index in [9.17, 15) is 14.7 Å². The number of nitrogens with two attached hydrogens (primary N) is 1. The number of carbonyl (C=O) groups is 1. The maximum absolute atomic E-state index is 13.7. The summed E-state index contributed by atoms with van der Waals surface area (Å²) in [5, 5.41) is 13.8. The minimum Gasteiger partial charge on any atom is -0.503 e. The number of alkyl carbamates (subject to hydrolysis) is 1. The van der Waals surface area contributed by atoms with E-state index in [0.29, 0.717) is 22.5 Å². The lowest BCUT2D eigenvalue weighted by atomic mass is 9.71. The summed E-state index contributed by atoms with van der Waals surface area (Å²) in [5.41, 5.74) is 7.40. The molecule has 1 aliphatic rings. The SMILES string of the molecule is CC(C)(C)OC(=O)NC1(c2ccc(-c3c(-c4ccccc4)oc4c(O)c(N)ccc4c3=O)cc2)CCC1. The van der Waals surface area contributed by atoms with Crippen LogP contribution in [0.2, 0.25) is 0 Å². The van der Waals surface area contributed by atoms with Gasteiger partial charge in [-0.15, -0.1) is 0 Å². The minimum absolute atomic E-state index is 0.0548. The Morgan fingerprint density at radius 3 is 2.27 bits per heavy atom. The topological polar surface area (TPSA) is 115 Å². The van der Waals surface area contributed by atoms with Gasteiger partial charge in [0.2, 0.25) is 5.43 Å². The van der Waals surface area contributed by atoms with Gasteiger partial charge in [-0.05, 0) is 63.3 Å². The van der Waals surface area contributed by atoms with Gasteiger partial charge in [-0.2, -0.15) is 0 Å². The first-order valence-corrected chi connectivity index (χ1v) is 12.3. The molecule has 1 fully saturated rings. The molecule has 0 unspecified atom stereocenters. The second-order valence-corrected chi connectivity index (χ2v) is 10.5. The number of carbonyl (C=O) groups excluding carboxylic acids is 1. The molecule has 0 atom stereocenters. The van der Waals surface area contributed by atoms with Crippen LogP contribution in [0.4, 0.5) is 10.5 Å². The van der Waals surface area contributed by atoms with E-state index in [0.717, 1.165) is 24.8 Å². The molecule has 190 valence electrons. The molecule has 0 radical (unpaired) electrons. The first-order valence-electron chi connectivity index (χ1n) is 12.3. The number of aromatic hydroxyl groups is 1. The predicted octanol–water partition coefficient (Wildman–Crippen LogP) is 6.32. The lowest BCUT2D eigenvalue weighted by molar-refractivity contribution is 0.0377. The number of nitrogen functional groups attached to an aromatic ring is 1. The maximum Gasteiger partial charge on any atom is 0.408 e. The highest BCUT2D eigenvalue weighted by Crippen LogP contribution is 2.43. The normalized spacial score (nSPS) is 14.7. The summed E-state index contributed by atoms with van der Waals surface area (Å²) in [6, 6.07) is 19.9. The Hall–Kier alpha value is -4.26. The average molecular weight is 499 g/mol. The van der Waals surface area contributed by atoms with Gasteiger partial charge in [0.05, 0.1) is 22.2 Å². The fraction of sp³-hybridized carbons (Fsp3) is 0.267. The zero-order valence-electron chi connectivity index (χ0n) is 21.1. The minimum atomic E-state index is -0.587. The Balaban J connectivity index is 1.60. The molecule has 4 N–H and O–H groups in total. The Kier molecular flexibility index (Phi) is 5.94. The van der Waals surface area contributed by atoms with Crippen molar-refractivity contribution >= 4 is 22.7 Å². The van der Waals surface area contributed by atoms with Gasteiger partial charge < -0.3 is 25.3 Å². The Labute approximate surface area is 214 Å². The number of benzene rings is 3. The van der Waals surface area contributed by atoms with Gasteiger partial charge in [-0.3, -0.25) is 4.79 Å². The highest BCUT2D eigenvalue weighted by molar-refractivity contribution is 5.94. The van der Waals surface area contributed by atoms with Crippen molar-refractivity contribution in [3.05, 3.63) is 82.5 Å². The molecule has 1 aliphatic carbocycles. The van der Waals surface area contributed by atoms with E-state index in [4.69, 9.17) is 14.9 Å². The van der Waals surface area contributed by atoms with Crippen LogP contribution in [0.3, 0.4) is 0 Å². The second kappa shape index (κ2) is 9.00. The number of anilines is 1. The molecule has 3 aromatic carbocycles. The van der Waals surface area contributed by atoms with Crippen LogP contribution in [0, 0.1) is 0 Å². The van der Waals surface area contributed by atoms with E-state index in [1.165, 1.54) is 6.07 Å². The number of nitrogens with one attached hydrogen (secondary N) is 1. The van der Waals surface area contributed by atoms with E-state index in [1.54, 1.807) is 6.07 Å². The number of rotatable bonds is 4. The van der Waals surface area contributed by atoms with Crippen LogP contribution in [-0.2, 0) is 10.3 Å². The van der Waals surface area contributed by atoms with E-state index in [2.05, 4.69) is 5.32 Å². The molecule has 1 heterocycles. The molecule has 7 heteroatoms. The van der Waals surface area contributed by atoms with Crippen molar-refractivity contribution in [1.29, 1.82) is 0 Å². The molecule has 1 aromatic heterocycles. The molecule has 7 nitrogen and oxygen atoms in total. The van der Waals surface area contributed by atoms with Crippen LogP contribution in [0.25, 0.3) is 33.4 Å². The van der Waals surface area contributed by atoms with Crippen molar-refractivity contribution in [2.75, 3.05) is 5.73 Å². The third kappa shape index (κ3) is 4.53. The molecule has 1 saturated carbocycles. The summed E-state index contributed by atoms with van der Waals surface area (Å²) in [7, 11) is 0. The van der Waals surface area contributed by atoms with Crippen molar-refractivity contribution in [3.63, 3.8) is 0 Å². The third-order valence-electron chi connectivity index (χ3n) is 6.78. The number of hydrogen-bond donors (Lipinski definition) is 3. The zero-order valence-corrected chi connectivity index (χ0v) is 21.1. The summed E-state index contributed by atoms with van der Waals surface area (Å²) in [6.07, 6.45) is 2.16. The van der Waals surface area contributed by atoms with Gasteiger partial charge in [-0.25, -0.2) is 4.79 Å². The standard InChI is InChI=1S/C30H30N2O5/c1-29(2,3)37-28(35)32-30(16-7-17-30)20-12-10-18(11-13-20)23-24(33)21-14-15-22(31)25(34)27(21)36-26(23)19-8-5-4-6-9-19/h4-6,8-15,34H,7,16-17,31H2,1-3H3,(H,32,35). The molecule has 37 heavy (non-hydrogen) atoms. The van der Waals surface area contributed by atoms with Gasteiger partial charge in [0.1, 0.15) is 11.4 Å². The number of phenolic OH excluding ortho intramolecular Hbond substituents is 1. The maximum atomic E-state index is 13.7. The average Bonchev–Trinajstić information content (AvgIpc) is 2.83. The monoisotopic (exact) mass is 498 g/mol. The van der Waals surface area contributed by atoms with E-state index >= 15 is 0 Å². The fourth-order valence-corrected chi connectivity index (χ4v) is 4.79. The lowest BCUT2D eigenvalue weighted by Gasteiger charge is -2.43. The van der Waals surface area contributed by atoms with Gasteiger partial charge >= 0.3 is 6.09 Å². The van der Waals surface area contributed by atoms with Crippen LogP contribution in [0.1, 0.15) is 45.6 Å². The largest absolute Gasteiger partial charge is 0.503 e. The highest BCUT2D eigenvalue weighted by atomic mass is 16.6. The van der Waals surface area contributed by atoms with Gasteiger partial charge in [0.15, 0.2) is 11.3 Å². The summed E-state index contributed by atoms with van der Waals surface area (Å²) in [5.74, 6) is 0.0887. The number of phenols is 1. The van der Waals surface area contributed by atoms with Crippen LogP contribution in [0.5, 0.6) is 5.75 Å². The highest BCUT2D eigenvalue weighted by Gasteiger charge is 2.41. The van der Waals surface area contributed by atoms with Crippen LogP contribution < -0.4 is 16.5 Å². The molecule has 4 aromatic rings. The van der Waals surface area contributed by atoms with Crippen LogP contribution >= 0.6 is 0 Å². The Morgan fingerprint density at radius 1 is 1.00 bits per heavy atom. The first kappa shape index (κ1) is 24.4. The first-order chi connectivity index (χ1) is 17.6. The molecular weight excluding hydrogens is 468 g/mol. The van der Waals surface area contributed by atoms with E-state index in [1.807, 2.05) is 75.4 Å². The quantitative estimate of drug-likeness (QED) is 0.224. The summed E-state index contributed by atoms with van der Waals surface area (Å²) in [6.45, 7) is 5.51. The molecule has 1 amide bonds. The van der Waals surface area contributed by atoms with Gasteiger partial charge in [0.25, 0.3) is 0 Å². The third-order valence-corrected chi connectivity index (χ3v) is 6.78. The van der Waals surface area contributed by atoms with Gasteiger partial charge in [0, 0.05) is 5.56 Å². The van der Waals surface area contributed by atoms with Gasteiger partial charge in [-0.1, -0.05) is 54.6 Å². The molecular formula is C30H30N2O5. The molecule has 0 saturated heterocycles. The number of ether oxygens (including phenoxy) is 1. The van der Waals surface area contributed by atoms with Crippen LogP contribution in [-0.4, -0.2) is 16.8 Å². The van der Waals surface area contributed by atoms with Crippen molar-refractivity contribution < 1.29 is 19.1 Å². The second-order valence-electron chi connectivity index (χ2n) is 10.5. The van der Waals surface area contributed by atoms with E-state index < -0.39 is 17.2 Å². The molecule has 5 rings (SSSR count). The summed E-state index contributed by atoms with van der Waals surface area (Å²) < 4.78 is 11.6. The molecule has 0 bridgehead atoms. The van der Waals surface area contributed by atoms with E-state index in [-0.39, 0.29) is 27.8 Å². The summed E-state index contributed by atoms with van der Waals surface area (Å²) in [4.78, 5) is 26.3. The zero-order chi connectivity index (χ0) is 26.4. The number of amides is 1. The van der Waals surface area contributed by atoms with Crippen molar-refractivity contribution in [1.82, 2.24) is 5.32 Å². The van der Waals surface area contributed by atoms with Crippen LogP contribution in [0.15, 0.2) is 75.9 Å². The number of hydrogen-bond acceptors (Lipinski definition) is 6. The molecule has 0 aliphatic heterocycles. The smallest absolute Gasteiger partial charge is 0.408 e. The predicted molar refractivity (Wildman–Crippen MR) is 144 cm³/mol. The fourth-order valence-electron chi connectivity index (χ4n) is 4.79. The lowest BCUT2D eigenvalue weighted by Crippen LogP contribution is -2.52. The Bertz CT molecular complexity index is 1530. The van der Waals surface area contributed by atoms with Crippen molar-refractivity contribution in [2.24, 2.45) is 0 Å². The molecule has 0 spiro atoms. The summed E-state index contributed by atoms with van der Waals surface area (Å²) >= 11 is 0. The Morgan fingerprint density at radius 2 is 1.68 bits per heavy atom. The van der Waals surface area contributed by atoms with Crippen molar-refractivity contribution in [2.45, 2.75) is 51.2 Å².